The molecule has 3 aromatic rings. The third-order valence-electron chi connectivity index (χ3n) is 3.07. The second-order valence-electron chi connectivity index (χ2n) is 4.70. The summed E-state index contributed by atoms with van der Waals surface area (Å²) in [6.07, 6.45) is 1.75. The van der Waals surface area contributed by atoms with Gasteiger partial charge in [-0.1, -0.05) is 30.3 Å². The molecule has 0 spiro atoms. The Morgan fingerprint density at radius 3 is 2.90 bits per heavy atom. The van der Waals surface area contributed by atoms with Crippen molar-refractivity contribution in [2.24, 2.45) is 0 Å². The van der Waals surface area contributed by atoms with Crippen LogP contribution in [0, 0.1) is 0 Å². The van der Waals surface area contributed by atoms with Gasteiger partial charge in [0.2, 0.25) is 5.91 Å². The van der Waals surface area contributed by atoms with E-state index in [4.69, 9.17) is 0 Å². The van der Waals surface area contributed by atoms with Gasteiger partial charge in [0.1, 0.15) is 0 Å². The van der Waals surface area contributed by atoms with E-state index in [1.807, 2.05) is 36.4 Å². The Kier molecular flexibility index (Phi) is 4.21. The molecule has 106 valence electrons. The highest BCUT2D eigenvalue weighted by Crippen LogP contribution is 2.17. The lowest BCUT2D eigenvalue weighted by atomic mass is 10.2. The van der Waals surface area contributed by atoms with Crippen LogP contribution in [0.4, 0.5) is 5.69 Å². The summed E-state index contributed by atoms with van der Waals surface area (Å²) >= 11 is 1.61. The molecule has 0 atom stereocenters. The van der Waals surface area contributed by atoms with Crippen molar-refractivity contribution in [3.63, 3.8) is 0 Å². The molecular weight excluding hydrogens is 282 g/mol. The monoisotopic (exact) mass is 297 g/mol. The lowest BCUT2D eigenvalue weighted by Gasteiger charge is -2.05. The predicted octanol–water partition coefficient (Wildman–Crippen LogP) is 3.43. The molecule has 0 aliphatic carbocycles. The molecular formula is C16H15N3OS. The summed E-state index contributed by atoms with van der Waals surface area (Å²) in [6.45, 7) is 0. The summed E-state index contributed by atoms with van der Waals surface area (Å²) in [6, 6.07) is 15.8. The van der Waals surface area contributed by atoms with Crippen molar-refractivity contribution < 1.29 is 4.79 Å². The van der Waals surface area contributed by atoms with E-state index in [0.717, 1.165) is 22.3 Å². The first-order valence-electron chi connectivity index (χ1n) is 6.66. The van der Waals surface area contributed by atoms with Crippen LogP contribution in [0.5, 0.6) is 0 Å². The molecule has 0 bridgehead atoms. The fourth-order valence-corrected chi connectivity index (χ4v) is 2.84. The number of amides is 1. The van der Waals surface area contributed by atoms with E-state index in [-0.39, 0.29) is 5.91 Å². The number of nitrogens with one attached hydrogen (secondary N) is 2. The number of aromatic amines is 1. The summed E-state index contributed by atoms with van der Waals surface area (Å²) in [7, 11) is 0. The second-order valence-corrected chi connectivity index (χ2v) is 5.68. The molecule has 0 saturated heterocycles. The minimum Gasteiger partial charge on any atom is -0.325 e. The van der Waals surface area contributed by atoms with Crippen molar-refractivity contribution in [2.45, 2.75) is 5.75 Å². The molecule has 1 amide bonds. The average molecular weight is 297 g/mol. The summed E-state index contributed by atoms with van der Waals surface area (Å²) in [5, 5.41) is 10.7. The average Bonchev–Trinajstić information content (AvgIpc) is 2.96. The Balaban J connectivity index is 1.51. The number of hydrogen-bond donors (Lipinski definition) is 2. The molecule has 1 aromatic heterocycles. The fourth-order valence-electron chi connectivity index (χ4n) is 2.05. The van der Waals surface area contributed by atoms with Gasteiger partial charge in [0.15, 0.2) is 0 Å². The molecule has 0 unspecified atom stereocenters. The van der Waals surface area contributed by atoms with E-state index < -0.39 is 0 Å². The molecule has 2 aromatic carbocycles. The second kappa shape index (κ2) is 6.45. The summed E-state index contributed by atoms with van der Waals surface area (Å²) in [4.78, 5) is 11.9. The zero-order valence-electron chi connectivity index (χ0n) is 11.4. The van der Waals surface area contributed by atoms with Gasteiger partial charge in [-0.15, -0.1) is 11.8 Å². The Bertz CT molecular complexity index is 739. The number of nitrogens with zero attached hydrogens (tertiary/aromatic N) is 1. The zero-order valence-corrected chi connectivity index (χ0v) is 12.2. The number of carbonyl (C=O) groups is 1. The number of H-pyrrole nitrogens is 1. The van der Waals surface area contributed by atoms with Crippen molar-refractivity contribution in [1.82, 2.24) is 10.2 Å². The van der Waals surface area contributed by atoms with Gasteiger partial charge in [0.25, 0.3) is 0 Å². The van der Waals surface area contributed by atoms with E-state index in [0.29, 0.717) is 5.75 Å². The number of fused-ring (bicyclic) bond motifs is 1. The quantitative estimate of drug-likeness (QED) is 0.758. The van der Waals surface area contributed by atoms with E-state index in [2.05, 4.69) is 27.6 Å². The highest BCUT2D eigenvalue weighted by Gasteiger charge is 2.04. The molecule has 2 N–H and O–H groups in total. The van der Waals surface area contributed by atoms with Crippen LogP contribution in [0.25, 0.3) is 10.9 Å². The third kappa shape index (κ3) is 3.64. The van der Waals surface area contributed by atoms with Gasteiger partial charge < -0.3 is 5.32 Å². The van der Waals surface area contributed by atoms with Crippen molar-refractivity contribution in [3.05, 3.63) is 60.3 Å². The highest BCUT2D eigenvalue weighted by molar-refractivity contribution is 7.99. The standard InChI is InChI=1S/C16H15N3OS/c20-16(11-21-10-12-4-2-1-3-5-12)18-14-6-7-15-13(8-14)9-17-19-15/h1-9H,10-11H2,(H,17,19)(H,18,20). The Morgan fingerprint density at radius 2 is 2.05 bits per heavy atom. The SMILES string of the molecule is O=C(CSCc1ccccc1)Nc1ccc2[nH]ncc2c1. The molecule has 21 heavy (non-hydrogen) atoms. The molecule has 4 nitrogen and oxygen atoms in total. The number of thioether (sulfide) groups is 1. The Labute approximate surface area is 126 Å². The normalized spacial score (nSPS) is 10.7. The smallest absolute Gasteiger partial charge is 0.234 e. The summed E-state index contributed by atoms with van der Waals surface area (Å²) < 4.78 is 0. The first kappa shape index (κ1) is 13.7. The van der Waals surface area contributed by atoms with Gasteiger partial charge in [-0.05, 0) is 23.8 Å². The fraction of sp³-hybridized carbons (Fsp3) is 0.125. The van der Waals surface area contributed by atoms with Crippen molar-refractivity contribution in [1.29, 1.82) is 0 Å². The van der Waals surface area contributed by atoms with Crippen LogP contribution >= 0.6 is 11.8 Å². The van der Waals surface area contributed by atoms with Gasteiger partial charge >= 0.3 is 0 Å². The van der Waals surface area contributed by atoms with Crippen LogP contribution in [0.3, 0.4) is 0 Å². The molecule has 0 radical (unpaired) electrons. The highest BCUT2D eigenvalue weighted by atomic mass is 32.2. The number of hydrogen-bond acceptors (Lipinski definition) is 3. The topological polar surface area (TPSA) is 57.8 Å². The van der Waals surface area contributed by atoms with Crippen LogP contribution in [-0.2, 0) is 10.5 Å². The number of aromatic nitrogens is 2. The molecule has 3 rings (SSSR count). The van der Waals surface area contributed by atoms with Crippen LogP contribution in [0.1, 0.15) is 5.56 Å². The first-order valence-corrected chi connectivity index (χ1v) is 7.81. The lowest BCUT2D eigenvalue weighted by Crippen LogP contribution is -2.14. The van der Waals surface area contributed by atoms with Gasteiger partial charge in [-0.2, -0.15) is 5.10 Å². The number of benzene rings is 2. The van der Waals surface area contributed by atoms with Gasteiger partial charge in [0, 0.05) is 16.8 Å². The molecule has 0 aliphatic rings. The van der Waals surface area contributed by atoms with E-state index in [1.165, 1.54) is 5.56 Å². The minimum absolute atomic E-state index is 0.0128. The molecule has 5 heteroatoms. The lowest BCUT2D eigenvalue weighted by molar-refractivity contribution is -0.113. The minimum atomic E-state index is 0.0128. The predicted molar refractivity (Wildman–Crippen MR) is 87.3 cm³/mol. The molecule has 0 saturated carbocycles. The van der Waals surface area contributed by atoms with E-state index in [1.54, 1.807) is 18.0 Å². The maximum Gasteiger partial charge on any atom is 0.234 e. The maximum atomic E-state index is 11.9. The number of rotatable bonds is 5. The Morgan fingerprint density at radius 1 is 1.19 bits per heavy atom. The van der Waals surface area contributed by atoms with Gasteiger partial charge in [-0.25, -0.2) is 0 Å². The maximum absolute atomic E-state index is 11.9. The van der Waals surface area contributed by atoms with E-state index in [9.17, 15) is 4.79 Å². The Hall–Kier alpha value is -2.27. The molecule has 1 heterocycles. The van der Waals surface area contributed by atoms with Gasteiger partial charge in [0.05, 0.1) is 17.5 Å². The third-order valence-corrected chi connectivity index (χ3v) is 4.07. The molecule has 0 fully saturated rings. The van der Waals surface area contributed by atoms with Gasteiger partial charge in [-0.3, -0.25) is 9.89 Å². The van der Waals surface area contributed by atoms with E-state index >= 15 is 0 Å². The van der Waals surface area contributed by atoms with Crippen molar-refractivity contribution in [3.8, 4) is 0 Å². The number of anilines is 1. The van der Waals surface area contributed by atoms with Crippen LogP contribution in [0.2, 0.25) is 0 Å². The zero-order chi connectivity index (χ0) is 14.5. The molecule has 0 aliphatic heterocycles. The largest absolute Gasteiger partial charge is 0.325 e. The summed E-state index contributed by atoms with van der Waals surface area (Å²) in [5.41, 5.74) is 3.00. The van der Waals surface area contributed by atoms with Crippen LogP contribution in [-0.4, -0.2) is 21.9 Å². The first-order chi connectivity index (χ1) is 10.3. The van der Waals surface area contributed by atoms with Crippen molar-refractivity contribution >= 4 is 34.3 Å². The summed E-state index contributed by atoms with van der Waals surface area (Å²) in [5.74, 6) is 1.30. The van der Waals surface area contributed by atoms with Crippen LogP contribution in [0.15, 0.2) is 54.7 Å². The van der Waals surface area contributed by atoms with Crippen LogP contribution < -0.4 is 5.32 Å². The van der Waals surface area contributed by atoms with Crippen molar-refractivity contribution in [2.75, 3.05) is 11.1 Å². The number of carbonyl (C=O) groups excluding carboxylic acids is 1.